The van der Waals surface area contributed by atoms with Crippen LogP contribution in [0.25, 0.3) is 49.9 Å². The molecule has 1 aliphatic heterocycles. The van der Waals surface area contributed by atoms with Crippen molar-refractivity contribution >= 4 is 44.6 Å². The maximum absolute atomic E-state index is 14.6. The molecule has 9 aromatic rings. The van der Waals surface area contributed by atoms with Crippen molar-refractivity contribution < 1.29 is 30.2 Å². The van der Waals surface area contributed by atoms with Crippen LogP contribution in [0.2, 0.25) is 0 Å². The molecule has 0 spiro atoms. The van der Waals surface area contributed by atoms with Crippen LogP contribution in [0.15, 0.2) is 146 Å². The molecule has 0 fully saturated rings. The number of anilines is 4. The van der Waals surface area contributed by atoms with Crippen LogP contribution in [0.1, 0.15) is 67.3 Å². The zero-order chi connectivity index (χ0) is 43.5. The van der Waals surface area contributed by atoms with E-state index in [2.05, 4.69) is 185 Å². The largest absolute Gasteiger partial charge is 0.509 e. The molecule has 0 radical (unpaired) electrons. The molecule has 0 N–H and O–H groups in total. The van der Waals surface area contributed by atoms with Gasteiger partial charge in [-0.3, -0.25) is 0 Å². The van der Waals surface area contributed by atoms with Crippen LogP contribution >= 0.6 is 0 Å². The SMILES string of the molecule is Cc1cc(C)cc(-c2cc(Oc3[c-]c4c(cc3)c3ccccc3n4-c3cc(C)ccn3)[c-]c(N3[CH-]N(c4c(C(C)C)cc(-c5cccc(F)c5)cc4C(C)C)c4ccccc43)c2)c1.[Pt]. The summed E-state index contributed by atoms with van der Waals surface area (Å²) >= 11 is 0. The van der Waals surface area contributed by atoms with Crippen LogP contribution in [0.5, 0.6) is 11.5 Å². The van der Waals surface area contributed by atoms with Gasteiger partial charge in [0.2, 0.25) is 0 Å². The Morgan fingerprint density at radius 3 is 1.95 bits per heavy atom. The fourth-order valence-electron chi connectivity index (χ4n) is 9.11. The van der Waals surface area contributed by atoms with Crippen LogP contribution in [-0.4, -0.2) is 9.55 Å². The van der Waals surface area contributed by atoms with Crippen molar-refractivity contribution in [3.63, 3.8) is 0 Å². The molecule has 0 saturated carbocycles. The molecule has 0 bridgehead atoms. The van der Waals surface area contributed by atoms with E-state index in [1.165, 1.54) is 28.3 Å². The van der Waals surface area contributed by atoms with E-state index < -0.39 is 0 Å². The molecule has 0 atom stereocenters. The number of ether oxygens (including phenoxy) is 1. The summed E-state index contributed by atoms with van der Waals surface area (Å²) in [6, 6.07) is 54.8. The first-order valence-corrected chi connectivity index (χ1v) is 21.7. The molecule has 7 aromatic carbocycles. The number of halogens is 1. The maximum atomic E-state index is 14.6. The van der Waals surface area contributed by atoms with Gasteiger partial charge in [0.15, 0.2) is 0 Å². The summed E-state index contributed by atoms with van der Waals surface area (Å²) in [5, 5.41) is 2.20. The number of para-hydroxylation sites is 3. The summed E-state index contributed by atoms with van der Waals surface area (Å²) < 4.78 is 23.6. The Bertz CT molecular complexity index is 3170. The smallest absolute Gasteiger partial charge is 0.135 e. The molecule has 5 nitrogen and oxygen atoms in total. The number of nitrogens with zero attached hydrogens (tertiary/aromatic N) is 4. The van der Waals surface area contributed by atoms with E-state index in [9.17, 15) is 4.39 Å². The quantitative estimate of drug-likeness (QED) is 0.135. The van der Waals surface area contributed by atoms with Crippen molar-refractivity contribution in [2.45, 2.75) is 60.3 Å². The molecule has 0 saturated heterocycles. The van der Waals surface area contributed by atoms with E-state index in [4.69, 9.17) is 9.72 Å². The van der Waals surface area contributed by atoms with E-state index in [0.717, 1.165) is 78.2 Å². The molecular formula is C57H48FN4OPt-3. The Kier molecular flexibility index (Phi) is 11.5. The van der Waals surface area contributed by atoms with Crippen LogP contribution in [-0.2, 0) is 21.1 Å². The summed E-state index contributed by atoms with van der Waals surface area (Å²) in [7, 11) is 0. The molecule has 7 heteroatoms. The number of pyridine rings is 1. The van der Waals surface area contributed by atoms with Crippen molar-refractivity contribution in [3.8, 4) is 39.6 Å². The standard InChI is InChI=1S/C57H48FN4O.Pt/c1-35(2)50-30-43(40-13-12-14-44(58)27-40)31-51(36(3)4)57(50)61-34-60(53-17-10-11-18-54(53)61)45-28-42(41-24-38(6)23-39(7)25-41)29-47(32-45)63-46-19-20-49-48-15-8-9-16-52(48)62(55(49)33-46)56-26-37(5)21-22-59-56;/h8-31,34-36H,1-7H3;/q-3;. The number of benzene rings is 7. The van der Waals surface area contributed by atoms with Crippen molar-refractivity contribution in [2.75, 3.05) is 9.80 Å². The van der Waals surface area contributed by atoms with E-state index in [-0.39, 0.29) is 38.7 Å². The average molecular weight is 1020 g/mol. The number of aromatic nitrogens is 2. The first-order chi connectivity index (χ1) is 30.5. The third kappa shape index (κ3) is 7.90. The molecular weight excluding hydrogens is 971 g/mol. The average Bonchev–Trinajstić information content (AvgIpc) is 3.81. The van der Waals surface area contributed by atoms with Gasteiger partial charge in [-0.25, -0.2) is 9.37 Å². The van der Waals surface area contributed by atoms with E-state index in [1.54, 1.807) is 12.1 Å². The van der Waals surface area contributed by atoms with E-state index in [0.29, 0.717) is 11.5 Å². The second-order valence-corrected chi connectivity index (χ2v) is 17.4. The summed E-state index contributed by atoms with van der Waals surface area (Å²) in [5.41, 5.74) is 15.9. The molecule has 0 unspecified atom stereocenters. The Hall–Kier alpha value is -6.49. The normalized spacial score (nSPS) is 12.4. The summed E-state index contributed by atoms with van der Waals surface area (Å²) in [5.74, 6) is 2.12. The van der Waals surface area contributed by atoms with E-state index >= 15 is 0 Å². The molecule has 0 aliphatic carbocycles. The molecule has 3 heterocycles. The molecule has 64 heavy (non-hydrogen) atoms. The molecule has 322 valence electrons. The summed E-state index contributed by atoms with van der Waals surface area (Å²) in [6.45, 7) is 17.5. The van der Waals surface area contributed by atoms with Crippen molar-refractivity contribution in [1.29, 1.82) is 0 Å². The first kappa shape index (κ1) is 42.8. The Morgan fingerprint density at radius 1 is 0.578 bits per heavy atom. The second-order valence-electron chi connectivity index (χ2n) is 17.4. The maximum Gasteiger partial charge on any atom is 0.135 e. The van der Waals surface area contributed by atoms with Crippen molar-refractivity contribution in [3.05, 3.63) is 198 Å². The van der Waals surface area contributed by atoms with Gasteiger partial charge < -0.3 is 19.1 Å². The Balaban J connectivity index is 0.00000518. The third-order valence-corrected chi connectivity index (χ3v) is 12.0. The van der Waals surface area contributed by atoms with Crippen molar-refractivity contribution in [1.82, 2.24) is 9.55 Å². The number of hydrogen-bond donors (Lipinski definition) is 0. The van der Waals surface area contributed by atoms with Crippen LogP contribution in [0.3, 0.4) is 0 Å². The van der Waals surface area contributed by atoms with Crippen LogP contribution in [0, 0.1) is 45.4 Å². The predicted molar refractivity (Wildman–Crippen MR) is 257 cm³/mol. The topological polar surface area (TPSA) is 33.5 Å². The molecule has 0 amide bonds. The zero-order valence-corrected chi connectivity index (χ0v) is 39.3. The Morgan fingerprint density at radius 2 is 1.25 bits per heavy atom. The van der Waals surface area contributed by atoms with Gasteiger partial charge in [0.25, 0.3) is 0 Å². The summed E-state index contributed by atoms with van der Waals surface area (Å²) in [6.07, 6.45) is 1.85. The third-order valence-electron chi connectivity index (χ3n) is 12.0. The van der Waals surface area contributed by atoms with Gasteiger partial charge in [-0.05, 0) is 126 Å². The van der Waals surface area contributed by atoms with Gasteiger partial charge in [0.05, 0.1) is 0 Å². The first-order valence-electron chi connectivity index (χ1n) is 21.7. The van der Waals surface area contributed by atoms with Crippen LogP contribution in [0.4, 0.5) is 27.1 Å². The van der Waals surface area contributed by atoms with Gasteiger partial charge in [0.1, 0.15) is 11.6 Å². The minimum absolute atomic E-state index is 0. The minimum atomic E-state index is -0.241. The molecule has 1 aliphatic rings. The monoisotopic (exact) mass is 1020 g/mol. The van der Waals surface area contributed by atoms with Gasteiger partial charge in [-0.15, -0.1) is 53.6 Å². The number of aryl methyl sites for hydroxylation is 3. The minimum Gasteiger partial charge on any atom is -0.509 e. The van der Waals surface area contributed by atoms with E-state index in [1.807, 2.05) is 24.4 Å². The van der Waals surface area contributed by atoms with Crippen LogP contribution < -0.4 is 14.5 Å². The van der Waals surface area contributed by atoms with Gasteiger partial charge in [-0.1, -0.05) is 105 Å². The second kappa shape index (κ2) is 17.2. The fourth-order valence-corrected chi connectivity index (χ4v) is 9.11. The summed E-state index contributed by atoms with van der Waals surface area (Å²) in [4.78, 5) is 9.32. The van der Waals surface area contributed by atoms with Gasteiger partial charge >= 0.3 is 0 Å². The zero-order valence-electron chi connectivity index (χ0n) is 37.0. The number of rotatable bonds is 9. The number of fused-ring (bicyclic) bond motifs is 4. The van der Waals surface area contributed by atoms with Gasteiger partial charge in [-0.2, -0.15) is 6.07 Å². The molecule has 10 rings (SSSR count). The Labute approximate surface area is 390 Å². The predicted octanol–water partition coefficient (Wildman–Crippen LogP) is 15.6. The van der Waals surface area contributed by atoms with Crippen molar-refractivity contribution in [2.24, 2.45) is 0 Å². The fraction of sp³-hybridized carbons (Fsp3) is 0.158. The number of hydrogen-bond acceptors (Lipinski definition) is 4. The van der Waals surface area contributed by atoms with Gasteiger partial charge in [0, 0.05) is 61.3 Å². The molecule has 2 aromatic heterocycles.